The van der Waals surface area contributed by atoms with Gasteiger partial charge in [-0.2, -0.15) is 0 Å². The highest BCUT2D eigenvalue weighted by molar-refractivity contribution is 6.01. The molecule has 98 valence electrons. The standard InChI is InChI=1S/C12H11N3O4/c1-2-19-12(16)14-9-5-6-10(15(17)18)8-4-3-7-13-11(8)9/h3-7H,2H2,1H3,(H,14,16). The van der Waals surface area contributed by atoms with Crippen LogP contribution in [0.2, 0.25) is 0 Å². The average Bonchev–Trinajstić information content (AvgIpc) is 2.39. The number of hydrogen-bond donors (Lipinski definition) is 1. The van der Waals surface area contributed by atoms with E-state index in [-0.39, 0.29) is 12.3 Å². The van der Waals surface area contributed by atoms with Crippen molar-refractivity contribution in [3.8, 4) is 0 Å². The zero-order chi connectivity index (χ0) is 13.8. The minimum atomic E-state index is -0.622. The Kier molecular flexibility index (Phi) is 3.56. The molecule has 1 aromatic carbocycles. The highest BCUT2D eigenvalue weighted by Gasteiger charge is 2.16. The molecule has 0 unspecified atom stereocenters. The average molecular weight is 261 g/mol. The van der Waals surface area contributed by atoms with Gasteiger partial charge in [-0.15, -0.1) is 0 Å². The lowest BCUT2D eigenvalue weighted by atomic mass is 10.1. The van der Waals surface area contributed by atoms with E-state index in [1.807, 2.05) is 0 Å². The Morgan fingerprint density at radius 2 is 2.26 bits per heavy atom. The molecular weight excluding hydrogens is 250 g/mol. The molecule has 0 bridgehead atoms. The van der Waals surface area contributed by atoms with Crippen molar-refractivity contribution in [2.75, 3.05) is 11.9 Å². The summed E-state index contributed by atoms with van der Waals surface area (Å²) in [6.07, 6.45) is 0.880. The Morgan fingerprint density at radius 3 is 2.95 bits per heavy atom. The molecule has 0 fully saturated rings. The van der Waals surface area contributed by atoms with Gasteiger partial charge in [-0.05, 0) is 25.1 Å². The van der Waals surface area contributed by atoms with E-state index in [0.717, 1.165) is 0 Å². The fraction of sp³-hybridized carbons (Fsp3) is 0.167. The van der Waals surface area contributed by atoms with Crippen LogP contribution in [0.15, 0.2) is 30.5 Å². The predicted molar refractivity (Wildman–Crippen MR) is 69.0 cm³/mol. The van der Waals surface area contributed by atoms with E-state index in [9.17, 15) is 14.9 Å². The van der Waals surface area contributed by atoms with E-state index >= 15 is 0 Å². The maximum atomic E-state index is 11.4. The first-order chi connectivity index (χ1) is 9.13. The molecule has 0 saturated heterocycles. The van der Waals surface area contributed by atoms with Crippen LogP contribution >= 0.6 is 0 Å². The monoisotopic (exact) mass is 261 g/mol. The zero-order valence-corrected chi connectivity index (χ0v) is 10.1. The number of anilines is 1. The maximum absolute atomic E-state index is 11.4. The molecule has 1 N–H and O–H groups in total. The number of nitro groups is 1. The van der Waals surface area contributed by atoms with Gasteiger partial charge in [0.2, 0.25) is 0 Å². The molecule has 2 aromatic rings. The lowest BCUT2D eigenvalue weighted by Crippen LogP contribution is -2.13. The molecule has 1 heterocycles. The summed E-state index contributed by atoms with van der Waals surface area (Å²) in [5.74, 6) is 0. The van der Waals surface area contributed by atoms with E-state index in [2.05, 4.69) is 10.3 Å². The quantitative estimate of drug-likeness (QED) is 0.677. The van der Waals surface area contributed by atoms with Crippen LogP contribution in [0.25, 0.3) is 10.9 Å². The highest BCUT2D eigenvalue weighted by atomic mass is 16.6. The van der Waals surface area contributed by atoms with Gasteiger partial charge < -0.3 is 4.74 Å². The van der Waals surface area contributed by atoms with Gasteiger partial charge in [0.15, 0.2) is 0 Å². The molecule has 2 rings (SSSR count). The lowest BCUT2D eigenvalue weighted by molar-refractivity contribution is -0.383. The van der Waals surface area contributed by atoms with Gasteiger partial charge in [0.1, 0.15) is 5.52 Å². The minimum Gasteiger partial charge on any atom is -0.450 e. The van der Waals surface area contributed by atoms with E-state index in [4.69, 9.17) is 4.74 Å². The number of carbonyl (C=O) groups is 1. The Morgan fingerprint density at radius 1 is 1.47 bits per heavy atom. The summed E-state index contributed by atoms with van der Waals surface area (Å²) in [4.78, 5) is 25.9. The van der Waals surface area contributed by atoms with Crippen LogP contribution in [-0.4, -0.2) is 22.6 Å². The second-order valence-electron chi connectivity index (χ2n) is 3.63. The van der Waals surface area contributed by atoms with Crippen LogP contribution in [0, 0.1) is 10.1 Å². The van der Waals surface area contributed by atoms with Crippen molar-refractivity contribution >= 4 is 28.4 Å². The summed E-state index contributed by atoms with van der Waals surface area (Å²) in [6, 6.07) is 5.94. The molecule has 0 aliphatic carbocycles. The number of amides is 1. The van der Waals surface area contributed by atoms with Crippen LogP contribution in [0.4, 0.5) is 16.2 Å². The molecule has 7 nitrogen and oxygen atoms in total. The minimum absolute atomic E-state index is 0.0579. The number of non-ortho nitro benzene ring substituents is 1. The van der Waals surface area contributed by atoms with Gasteiger partial charge in [-0.25, -0.2) is 4.79 Å². The molecule has 19 heavy (non-hydrogen) atoms. The predicted octanol–water partition coefficient (Wildman–Crippen LogP) is 2.71. The number of hydrogen-bond acceptors (Lipinski definition) is 5. The number of rotatable bonds is 3. The number of aromatic nitrogens is 1. The first-order valence-corrected chi connectivity index (χ1v) is 5.59. The Hall–Kier alpha value is -2.70. The highest BCUT2D eigenvalue weighted by Crippen LogP contribution is 2.29. The zero-order valence-electron chi connectivity index (χ0n) is 10.1. The number of nitrogens with one attached hydrogen (secondary N) is 1. The smallest absolute Gasteiger partial charge is 0.411 e. The number of ether oxygens (including phenoxy) is 1. The summed E-state index contributed by atoms with van der Waals surface area (Å²) in [5.41, 5.74) is 0.668. The van der Waals surface area contributed by atoms with Crippen molar-refractivity contribution in [3.05, 3.63) is 40.6 Å². The van der Waals surface area contributed by atoms with Crippen molar-refractivity contribution in [1.82, 2.24) is 4.98 Å². The Balaban J connectivity index is 2.49. The number of nitrogens with zero attached hydrogens (tertiary/aromatic N) is 2. The van der Waals surface area contributed by atoms with Crippen LogP contribution < -0.4 is 5.32 Å². The second kappa shape index (κ2) is 5.30. The van der Waals surface area contributed by atoms with Gasteiger partial charge in [-0.3, -0.25) is 20.4 Å². The third-order valence-electron chi connectivity index (χ3n) is 2.46. The van der Waals surface area contributed by atoms with Crippen LogP contribution in [0.1, 0.15) is 6.92 Å². The first-order valence-electron chi connectivity index (χ1n) is 5.59. The molecule has 0 saturated carbocycles. The Labute approximate surface area is 108 Å². The van der Waals surface area contributed by atoms with Gasteiger partial charge in [0, 0.05) is 12.3 Å². The SMILES string of the molecule is CCOC(=O)Nc1ccc([N+](=O)[O-])c2cccnc12. The van der Waals surface area contributed by atoms with Crippen LogP contribution in [0.3, 0.4) is 0 Å². The van der Waals surface area contributed by atoms with Gasteiger partial charge in [0.25, 0.3) is 5.69 Å². The topological polar surface area (TPSA) is 94.4 Å². The number of benzene rings is 1. The summed E-state index contributed by atoms with van der Waals surface area (Å²) in [6.45, 7) is 1.93. The summed E-state index contributed by atoms with van der Waals surface area (Å²) >= 11 is 0. The fourth-order valence-electron chi connectivity index (χ4n) is 1.69. The number of fused-ring (bicyclic) bond motifs is 1. The van der Waals surface area contributed by atoms with Crippen LogP contribution in [-0.2, 0) is 4.74 Å². The number of pyridine rings is 1. The van der Waals surface area contributed by atoms with Crippen molar-refractivity contribution in [2.45, 2.75) is 6.92 Å². The van der Waals surface area contributed by atoms with Crippen molar-refractivity contribution < 1.29 is 14.5 Å². The van der Waals surface area contributed by atoms with Gasteiger partial charge in [-0.1, -0.05) is 0 Å². The molecule has 0 atom stereocenters. The molecule has 0 aliphatic heterocycles. The van der Waals surface area contributed by atoms with Gasteiger partial charge >= 0.3 is 6.09 Å². The molecule has 0 spiro atoms. The van der Waals surface area contributed by atoms with Crippen molar-refractivity contribution in [1.29, 1.82) is 0 Å². The second-order valence-corrected chi connectivity index (χ2v) is 3.63. The maximum Gasteiger partial charge on any atom is 0.411 e. The lowest BCUT2D eigenvalue weighted by Gasteiger charge is -2.08. The summed E-state index contributed by atoms with van der Waals surface area (Å²) < 4.78 is 4.76. The number of nitro benzene ring substituents is 1. The first kappa shape index (κ1) is 12.7. The van der Waals surface area contributed by atoms with E-state index in [1.165, 1.54) is 18.3 Å². The molecule has 1 aromatic heterocycles. The third kappa shape index (κ3) is 2.59. The van der Waals surface area contributed by atoms with E-state index < -0.39 is 11.0 Å². The molecule has 1 amide bonds. The molecule has 0 aliphatic rings. The number of carbonyl (C=O) groups excluding carboxylic acids is 1. The van der Waals surface area contributed by atoms with Gasteiger partial charge in [0.05, 0.1) is 22.6 Å². The van der Waals surface area contributed by atoms with Crippen molar-refractivity contribution in [2.24, 2.45) is 0 Å². The van der Waals surface area contributed by atoms with Crippen molar-refractivity contribution in [3.63, 3.8) is 0 Å². The van der Waals surface area contributed by atoms with E-state index in [0.29, 0.717) is 16.6 Å². The summed E-state index contributed by atoms with van der Waals surface area (Å²) in [7, 11) is 0. The molecule has 0 radical (unpaired) electrons. The third-order valence-corrected chi connectivity index (χ3v) is 2.46. The molecular formula is C12H11N3O4. The molecule has 7 heteroatoms. The van der Waals surface area contributed by atoms with E-state index in [1.54, 1.807) is 19.1 Å². The normalized spacial score (nSPS) is 10.2. The largest absolute Gasteiger partial charge is 0.450 e. The summed E-state index contributed by atoms with van der Waals surface area (Å²) in [5, 5.41) is 13.8. The fourth-order valence-corrected chi connectivity index (χ4v) is 1.69. The Bertz CT molecular complexity index is 642. The van der Waals surface area contributed by atoms with Crippen LogP contribution in [0.5, 0.6) is 0 Å².